The molecule has 0 saturated carbocycles. The van der Waals surface area contributed by atoms with Crippen LogP contribution in [0.25, 0.3) is 0 Å². The topological polar surface area (TPSA) is 41.1 Å². The Labute approximate surface area is 144 Å². The smallest absolute Gasteiger partial charge is 0.251 e. The number of rotatable bonds is 4. The van der Waals surface area contributed by atoms with Gasteiger partial charge in [0.1, 0.15) is 0 Å². The lowest BCUT2D eigenvalue weighted by molar-refractivity contribution is 0.0926. The number of carbonyl (C=O) groups excluding carboxylic acids is 1. The van der Waals surface area contributed by atoms with E-state index in [4.69, 9.17) is 0 Å². The Morgan fingerprint density at radius 1 is 1.08 bits per heavy atom. The predicted molar refractivity (Wildman–Crippen MR) is 97.7 cm³/mol. The normalized spacial score (nSPS) is 15.0. The highest BCUT2D eigenvalue weighted by Gasteiger charge is 2.23. The van der Waals surface area contributed by atoms with Crippen LogP contribution in [-0.4, -0.2) is 5.91 Å². The van der Waals surface area contributed by atoms with Gasteiger partial charge in [0.25, 0.3) is 5.91 Å². The molecule has 2 aromatic rings. The summed E-state index contributed by atoms with van der Waals surface area (Å²) in [6, 6.07) is 16.3. The SMILES string of the molecule is CC(C)(C)CC(NC(=O)c1ccc2c(c1)CNC2)c1ccccc1. The van der Waals surface area contributed by atoms with Crippen LogP contribution in [0.4, 0.5) is 0 Å². The average Bonchev–Trinajstić information content (AvgIpc) is 3.01. The van der Waals surface area contributed by atoms with Crippen molar-refractivity contribution in [2.24, 2.45) is 5.41 Å². The summed E-state index contributed by atoms with van der Waals surface area (Å²) in [5.74, 6) is 0.00260. The highest BCUT2D eigenvalue weighted by Crippen LogP contribution is 2.29. The molecule has 2 aromatic carbocycles. The Morgan fingerprint density at radius 2 is 1.79 bits per heavy atom. The van der Waals surface area contributed by atoms with Crippen molar-refractivity contribution in [1.82, 2.24) is 10.6 Å². The Hall–Kier alpha value is -2.13. The van der Waals surface area contributed by atoms with Gasteiger partial charge >= 0.3 is 0 Å². The van der Waals surface area contributed by atoms with Gasteiger partial charge < -0.3 is 10.6 Å². The highest BCUT2D eigenvalue weighted by atomic mass is 16.1. The lowest BCUT2D eigenvalue weighted by Crippen LogP contribution is -2.31. The molecule has 1 atom stereocenters. The van der Waals surface area contributed by atoms with Gasteiger partial charge in [0.2, 0.25) is 0 Å². The Kier molecular flexibility index (Phi) is 4.72. The first-order chi connectivity index (χ1) is 11.4. The van der Waals surface area contributed by atoms with Gasteiger partial charge in [-0.25, -0.2) is 0 Å². The van der Waals surface area contributed by atoms with E-state index < -0.39 is 0 Å². The van der Waals surface area contributed by atoms with Gasteiger partial charge in [-0.05, 0) is 40.7 Å². The molecule has 0 saturated heterocycles. The summed E-state index contributed by atoms with van der Waals surface area (Å²) < 4.78 is 0. The van der Waals surface area contributed by atoms with Gasteiger partial charge in [-0.3, -0.25) is 4.79 Å². The molecule has 3 heteroatoms. The molecule has 3 rings (SSSR count). The third-order valence-corrected chi connectivity index (χ3v) is 4.42. The minimum absolute atomic E-state index is 0.00260. The summed E-state index contributed by atoms with van der Waals surface area (Å²) in [4.78, 5) is 12.8. The van der Waals surface area contributed by atoms with Crippen molar-refractivity contribution in [2.45, 2.75) is 46.3 Å². The molecule has 126 valence electrons. The summed E-state index contributed by atoms with van der Waals surface area (Å²) in [6.45, 7) is 8.36. The second-order valence-electron chi connectivity index (χ2n) is 7.79. The van der Waals surface area contributed by atoms with Crippen molar-refractivity contribution in [3.63, 3.8) is 0 Å². The van der Waals surface area contributed by atoms with Crippen LogP contribution >= 0.6 is 0 Å². The van der Waals surface area contributed by atoms with E-state index in [0.717, 1.165) is 30.6 Å². The fourth-order valence-corrected chi connectivity index (χ4v) is 3.23. The molecule has 0 aliphatic carbocycles. The number of carbonyl (C=O) groups is 1. The molecular formula is C21H26N2O. The summed E-state index contributed by atoms with van der Waals surface area (Å²) in [5.41, 5.74) is 4.56. The first-order valence-electron chi connectivity index (χ1n) is 8.61. The minimum atomic E-state index is 0.00260. The third kappa shape index (κ3) is 4.04. The standard InChI is InChI=1S/C21H26N2O/c1-21(2,3)12-19(15-7-5-4-6-8-15)23-20(24)16-9-10-17-13-22-14-18(17)11-16/h4-11,19,22H,12-14H2,1-3H3,(H,23,24). The molecule has 1 unspecified atom stereocenters. The number of benzene rings is 2. The van der Waals surface area contributed by atoms with E-state index in [0.29, 0.717) is 0 Å². The summed E-state index contributed by atoms with van der Waals surface area (Å²) in [5, 5.41) is 6.56. The van der Waals surface area contributed by atoms with Crippen LogP contribution in [0.3, 0.4) is 0 Å². The molecular weight excluding hydrogens is 296 g/mol. The molecule has 1 amide bonds. The van der Waals surface area contributed by atoms with Gasteiger partial charge in [0, 0.05) is 18.7 Å². The number of nitrogens with one attached hydrogen (secondary N) is 2. The Balaban J connectivity index is 1.80. The second kappa shape index (κ2) is 6.78. The molecule has 24 heavy (non-hydrogen) atoms. The maximum atomic E-state index is 12.8. The van der Waals surface area contributed by atoms with Crippen molar-refractivity contribution >= 4 is 5.91 Å². The average molecular weight is 322 g/mol. The zero-order valence-corrected chi connectivity index (χ0v) is 14.7. The van der Waals surface area contributed by atoms with Crippen molar-refractivity contribution in [3.8, 4) is 0 Å². The van der Waals surface area contributed by atoms with E-state index in [-0.39, 0.29) is 17.4 Å². The lowest BCUT2D eigenvalue weighted by atomic mass is 9.85. The first-order valence-corrected chi connectivity index (χ1v) is 8.61. The quantitative estimate of drug-likeness (QED) is 0.886. The monoisotopic (exact) mass is 322 g/mol. The van der Waals surface area contributed by atoms with Crippen molar-refractivity contribution in [1.29, 1.82) is 0 Å². The molecule has 1 heterocycles. The van der Waals surface area contributed by atoms with Gasteiger partial charge in [-0.2, -0.15) is 0 Å². The van der Waals surface area contributed by atoms with Gasteiger partial charge in [0.05, 0.1) is 6.04 Å². The first kappa shape index (κ1) is 16.7. The number of hydrogen-bond donors (Lipinski definition) is 2. The zero-order valence-electron chi connectivity index (χ0n) is 14.7. The lowest BCUT2D eigenvalue weighted by Gasteiger charge is -2.27. The summed E-state index contributed by atoms with van der Waals surface area (Å²) in [6.07, 6.45) is 0.898. The molecule has 0 fully saturated rings. The van der Waals surface area contributed by atoms with Crippen molar-refractivity contribution in [3.05, 3.63) is 70.8 Å². The largest absolute Gasteiger partial charge is 0.345 e. The molecule has 1 aliphatic heterocycles. The van der Waals surface area contributed by atoms with Crippen LogP contribution in [0.1, 0.15) is 60.3 Å². The number of hydrogen-bond acceptors (Lipinski definition) is 2. The van der Waals surface area contributed by atoms with Crippen LogP contribution in [-0.2, 0) is 13.1 Å². The molecule has 0 aromatic heterocycles. The van der Waals surface area contributed by atoms with Crippen LogP contribution in [0.2, 0.25) is 0 Å². The number of amides is 1. The second-order valence-corrected chi connectivity index (χ2v) is 7.79. The fourth-order valence-electron chi connectivity index (χ4n) is 3.23. The molecule has 3 nitrogen and oxygen atoms in total. The fraction of sp³-hybridized carbons (Fsp3) is 0.381. The van der Waals surface area contributed by atoms with Gasteiger partial charge in [0.15, 0.2) is 0 Å². The maximum Gasteiger partial charge on any atom is 0.251 e. The molecule has 2 N–H and O–H groups in total. The Morgan fingerprint density at radius 3 is 2.50 bits per heavy atom. The third-order valence-electron chi connectivity index (χ3n) is 4.42. The van der Waals surface area contributed by atoms with Crippen LogP contribution in [0, 0.1) is 5.41 Å². The predicted octanol–water partition coefficient (Wildman–Crippen LogP) is 4.20. The van der Waals surface area contributed by atoms with Crippen molar-refractivity contribution in [2.75, 3.05) is 0 Å². The van der Waals surface area contributed by atoms with Gasteiger partial charge in [-0.15, -0.1) is 0 Å². The maximum absolute atomic E-state index is 12.8. The molecule has 1 aliphatic rings. The van der Waals surface area contributed by atoms with E-state index >= 15 is 0 Å². The zero-order chi connectivity index (χ0) is 17.2. The molecule has 0 spiro atoms. The van der Waals surface area contributed by atoms with E-state index in [1.165, 1.54) is 11.1 Å². The summed E-state index contributed by atoms with van der Waals surface area (Å²) >= 11 is 0. The van der Waals surface area contributed by atoms with E-state index in [9.17, 15) is 4.79 Å². The summed E-state index contributed by atoms with van der Waals surface area (Å²) in [7, 11) is 0. The number of fused-ring (bicyclic) bond motifs is 1. The van der Waals surface area contributed by atoms with Crippen LogP contribution in [0.15, 0.2) is 48.5 Å². The Bertz CT molecular complexity index is 716. The van der Waals surface area contributed by atoms with Crippen LogP contribution in [0.5, 0.6) is 0 Å². The van der Waals surface area contributed by atoms with Gasteiger partial charge in [-0.1, -0.05) is 57.2 Å². The van der Waals surface area contributed by atoms with E-state index in [2.05, 4.69) is 49.6 Å². The van der Waals surface area contributed by atoms with E-state index in [1.807, 2.05) is 30.3 Å². The highest BCUT2D eigenvalue weighted by molar-refractivity contribution is 5.94. The van der Waals surface area contributed by atoms with Crippen LogP contribution < -0.4 is 10.6 Å². The van der Waals surface area contributed by atoms with Crippen molar-refractivity contribution < 1.29 is 4.79 Å². The van der Waals surface area contributed by atoms with E-state index in [1.54, 1.807) is 0 Å². The minimum Gasteiger partial charge on any atom is -0.345 e. The molecule has 0 bridgehead atoms. The molecule has 0 radical (unpaired) electrons.